The van der Waals surface area contributed by atoms with Crippen LogP contribution >= 0.6 is 11.3 Å². The highest BCUT2D eigenvalue weighted by atomic mass is 32.1. The van der Waals surface area contributed by atoms with Gasteiger partial charge in [0.15, 0.2) is 0 Å². The average molecular weight is 327 g/mol. The van der Waals surface area contributed by atoms with Gasteiger partial charge in [0.2, 0.25) is 0 Å². The molecule has 1 aliphatic heterocycles. The Bertz CT molecular complexity index is 666. The van der Waals surface area contributed by atoms with E-state index < -0.39 is 0 Å². The minimum Gasteiger partial charge on any atom is -0.353 e. The maximum Gasteiger partial charge on any atom is 0.264 e. The molecular formula is C18H21N3OS. The quantitative estimate of drug-likeness (QED) is 0.851. The van der Waals surface area contributed by atoms with Gasteiger partial charge in [-0.1, -0.05) is 6.07 Å². The summed E-state index contributed by atoms with van der Waals surface area (Å²) >= 11 is 1.72. The molecule has 1 aliphatic carbocycles. The first-order valence-corrected chi connectivity index (χ1v) is 9.20. The predicted octanol–water partition coefficient (Wildman–Crippen LogP) is 2.98. The first-order chi connectivity index (χ1) is 11.3. The van der Waals surface area contributed by atoms with Gasteiger partial charge < -0.3 is 9.80 Å². The zero-order chi connectivity index (χ0) is 15.6. The van der Waals surface area contributed by atoms with Crippen LogP contribution in [0, 0.1) is 0 Å². The molecule has 2 aliphatic rings. The van der Waals surface area contributed by atoms with Crippen LogP contribution in [0.3, 0.4) is 0 Å². The molecule has 2 aromatic rings. The largest absolute Gasteiger partial charge is 0.353 e. The van der Waals surface area contributed by atoms with Gasteiger partial charge in [-0.2, -0.15) is 0 Å². The zero-order valence-corrected chi connectivity index (χ0v) is 14.0. The van der Waals surface area contributed by atoms with Crippen LogP contribution in [0.25, 0.3) is 0 Å². The summed E-state index contributed by atoms with van der Waals surface area (Å²) in [5.41, 5.74) is 1.41. The summed E-state index contributed by atoms with van der Waals surface area (Å²) in [5.74, 6) is 1.22. The zero-order valence-electron chi connectivity index (χ0n) is 13.2. The lowest BCUT2D eigenvalue weighted by Gasteiger charge is -2.35. The molecule has 2 aromatic heterocycles. The topological polar surface area (TPSA) is 36.4 Å². The summed E-state index contributed by atoms with van der Waals surface area (Å²) in [6, 6.07) is 8.12. The van der Waals surface area contributed by atoms with Crippen LogP contribution in [0.4, 0.5) is 5.82 Å². The van der Waals surface area contributed by atoms with Crippen molar-refractivity contribution in [2.45, 2.75) is 25.7 Å². The molecule has 0 N–H and O–H groups in total. The number of anilines is 1. The summed E-state index contributed by atoms with van der Waals surface area (Å²) < 4.78 is 0. The molecule has 1 fully saturated rings. The molecule has 4 rings (SSSR count). The average Bonchev–Trinajstić information content (AvgIpc) is 3.06. The van der Waals surface area contributed by atoms with Gasteiger partial charge in [0.05, 0.1) is 4.88 Å². The minimum absolute atomic E-state index is 0.213. The SMILES string of the molecule is O=C(c1cc2c(s1)CCCC2)N1CCN(c2ccccn2)CC1. The molecule has 0 radical (unpaired) electrons. The van der Waals surface area contributed by atoms with E-state index in [-0.39, 0.29) is 5.91 Å². The number of aromatic nitrogens is 1. The Morgan fingerprint density at radius 3 is 2.65 bits per heavy atom. The lowest BCUT2D eigenvalue weighted by atomic mass is 9.99. The Morgan fingerprint density at radius 1 is 1.09 bits per heavy atom. The summed E-state index contributed by atoms with van der Waals surface area (Å²) in [7, 11) is 0. The second-order valence-corrected chi connectivity index (χ2v) is 7.37. The van der Waals surface area contributed by atoms with Gasteiger partial charge in [0.1, 0.15) is 5.82 Å². The number of thiophene rings is 1. The van der Waals surface area contributed by atoms with E-state index in [4.69, 9.17) is 0 Å². The molecule has 0 aromatic carbocycles. The molecule has 0 spiro atoms. The molecule has 3 heterocycles. The van der Waals surface area contributed by atoms with Gasteiger partial charge >= 0.3 is 0 Å². The minimum atomic E-state index is 0.213. The predicted molar refractivity (Wildman–Crippen MR) is 93.3 cm³/mol. The van der Waals surface area contributed by atoms with E-state index in [2.05, 4.69) is 16.0 Å². The molecule has 0 atom stereocenters. The van der Waals surface area contributed by atoms with Crippen molar-refractivity contribution in [1.29, 1.82) is 0 Å². The fraction of sp³-hybridized carbons (Fsp3) is 0.444. The summed E-state index contributed by atoms with van der Waals surface area (Å²) in [4.78, 5) is 23.8. The number of aryl methyl sites for hydroxylation is 2. The van der Waals surface area contributed by atoms with E-state index in [0.29, 0.717) is 0 Å². The Kier molecular flexibility index (Phi) is 4.04. The lowest BCUT2D eigenvalue weighted by Crippen LogP contribution is -2.48. The first-order valence-electron chi connectivity index (χ1n) is 8.38. The van der Waals surface area contributed by atoms with Crippen molar-refractivity contribution in [1.82, 2.24) is 9.88 Å². The van der Waals surface area contributed by atoms with Crippen LogP contribution in [0.5, 0.6) is 0 Å². The van der Waals surface area contributed by atoms with Crippen molar-refractivity contribution in [3.8, 4) is 0 Å². The molecule has 4 nitrogen and oxygen atoms in total. The Balaban J connectivity index is 1.42. The Labute approximate surface area is 140 Å². The second kappa shape index (κ2) is 6.32. The molecule has 0 bridgehead atoms. The normalized spacial score (nSPS) is 17.9. The maximum atomic E-state index is 12.8. The van der Waals surface area contributed by atoms with Gasteiger partial charge in [-0.25, -0.2) is 4.98 Å². The second-order valence-electron chi connectivity index (χ2n) is 6.23. The number of rotatable bonds is 2. The number of hydrogen-bond donors (Lipinski definition) is 0. The Morgan fingerprint density at radius 2 is 1.91 bits per heavy atom. The van der Waals surface area contributed by atoms with E-state index in [1.54, 1.807) is 11.3 Å². The van der Waals surface area contributed by atoms with Crippen LogP contribution < -0.4 is 4.90 Å². The van der Waals surface area contributed by atoms with Crippen LogP contribution in [-0.4, -0.2) is 42.0 Å². The molecule has 0 saturated carbocycles. The van der Waals surface area contributed by atoms with E-state index >= 15 is 0 Å². The van der Waals surface area contributed by atoms with Gasteiger partial charge in [-0.15, -0.1) is 11.3 Å². The highest BCUT2D eigenvalue weighted by Gasteiger charge is 2.25. The van der Waals surface area contributed by atoms with Crippen LogP contribution in [0.1, 0.15) is 33.0 Å². The van der Waals surface area contributed by atoms with E-state index in [9.17, 15) is 4.79 Å². The number of pyridine rings is 1. The Hall–Kier alpha value is -1.88. The molecule has 1 saturated heterocycles. The third kappa shape index (κ3) is 2.98. The van der Waals surface area contributed by atoms with E-state index in [1.165, 1.54) is 23.3 Å². The molecule has 1 amide bonds. The maximum absolute atomic E-state index is 12.8. The third-order valence-corrected chi connectivity index (χ3v) is 5.97. The monoisotopic (exact) mass is 327 g/mol. The number of piperazine rings is 1. The number of nitrogens with zero attached hydrogens (tertiary/aromatic N) is 3. The van der Waals surface area contributed by atoms with Gasteiger partial charge in [-0.3, -0.25) is 4.79 Å². The number of carbonyl (C=O) groups is 1. The van der Waals surface area contributed by atoms with Crippen molar-refractivity contribution in [2.75, 3.05) is 31.1 Å². The number of amides is 1. The van der Waals surface area contributed by atoms with Crippen molar-refractivity contribution in [2.24, 2.45) is 0 Å². The van der Waals surface area contributed by atoms with E-state index in [1.807, 2.05) is 29.3 Å². The van der Waals surface area contributed by atoms with Crippen molar-refractivity contribution >= 4 is 23.1 Å². The molecule has 0 unspecified atom stereocenters. The third-order valence-electron chi connectivity index (χ3n) is 4.75. The standard InChI is InChI=1S/C18H21N3OS/c22-18(16-13-14-5-1-2-6-15(14)23-16)21-11-9-20(10-12-21)17-7-3-4-8-19-17/h3-4,7-8,13H,1-2,5-6,9-12H2. The number of carbonyl (C=O) groups excluding carboxylic acids is 1. The highest BCUT2D eigenvalue weighted by Crippen LogP contribution is 2.30. The summed E-state index contributed by atoms with van der Waals surface area (Å²) in [6.07, 6.45) is 6.65. The summed E-state index contributed by atoms with van der Waals surface area (Å²) in [6.45, 7) is 3.26. The van der Waals surface area contributed by atoms with Crippen LogP contribution in [0.15, 0.2) is 30.5 Å². The number of hydrogen-bond acceptors (Lipinski definition) is 4. The van der Waals surface area contributed by atoms with Crippen molar-refractivity contribution in [3.05, 3.63) is 45.8 Å². The summed E-state index contributed by atoms with van der Waals surface area (Å²) in [5, 5.41) is 0. The fourth-order valence-electron chi connectivity index (χ4n) is 3.43. The highest BCUT2D eigenvalue weighted by molar-refractivity contribution is 7.14. The first kappa shape index (κ1) is 14.7. The van der Waals surface area contributed by atoms with Crippen molar-refractivity contribution in [3.63, 3.8) is 0 Å². The van der Waals surface area contributed by atoms with Crippen molar-refractivity contribution < 1.29 is 4.79 Å². The lowest BCUT2D eigenvalue weighted by molar-refractivity contribution is 0.0751. The van der Waals surface area contributed by atoms with Crippen LogP contribution in [-0.2, 0) is 12.8 Å². The van der Waals surface area contributed by atoms with E-state index in [0.717, 1.165) is 49.7 Å². The van der Waals surface area contributed by atoms with Gasteiger partial charge in [-0.05, 0) is 49.4 Å². The molecular weight excluding hydrogens is 306 g/mol. The fourth-order valence-corrected chi connectivity index (χ4v) is 4.65. The van der Waals surface area contributed by atoms with Gasteiger partial charge in [0.25, 0.3) is 5.91 Å². The smallest absolute Gasteiger partial charge is 0.264 e. The van der Waals surface area contributed by atoms with Gasteiger partial charge in [0, 0.05) is 37.3 Å². The number of fused-ring (bicyclic) bond motifs is 1. The molecule has 5 heteroatoms. The molecule has 23 heavy (non-hydrogen) atoms. The molecule has 120 valence electrons. The van der Waals surface area contributed by atoms with Crippen LogP contribution in [0.2, 0.25) is 0 Å².